The van der Waals surface area contributed by atoms with Crippen molar-refractivity contribution in [3.8, 4) is 0 Å². The summed E-state index contributed by atoms with van der Waals surface area (Å²) >= 11 is 0. The second-order valence-corrected chi connectivity index (χ2v) is 5.41. The molecule has 0 heterocycles. The van der Waals surface area contributed by atoms with Crippen molar-refractivity contribution in [1.29, 1.82) is 0 Å². The third-order valence-corrected chi connectivity index (χ3v) is 4.34. The molecular weight excluding hydrogens is 302 g/mol. The Labute approximate surface area is 133 Å². The summed E-state index contributed by atoms with van der Waals surface area (Å²) in [6.07, 6.45) is -0.0538. The topological polar surface area (TPSA) is 105 Å². The van der Waals surface area contributed by atoms with E-state index in [4.69, 9.17) is 9.47 Å². The monoisotopic (exact) mass is 321 g/mol. The molecule has 0 aliphatic heterocycles. The predicted octanol–water partition coefficient (Wildman–Crippen LogP) is 0.945. The molecule has 124 valence electrons. The third kappa shape index (κ3) is 2.57. The molecule has 7 nitrogen and oxygen atoms in total. The Morgan fingerprint density at radius 2 is 1.78 bits per heavy atom. The number of carbonyl (C=O) groups excluding carboxylic acids is 2. The smallest absolute Gasteiger partial charge is 0.324 e. The summed E-state index contributed by atoms with van der Waals surface area (Å²) in [7, 11) is 2.36. The second-order valence-electron chi connectivity index (χ2n) is 5.41. The highest BCUT2D eigenvalue weighted by Crippen LogP contribution is 2.52. The molecule has 0 aromatic heterocycles. The lowest BCUT2D eigenvalue weighted by molar-refractivity contribution is -0.169. The van der Waals surface area contributed by atoms with E-state index in [0.29, 0.717) is 5.56 Å². The van der Waals surface area contributed by atoms with Crippen LogP contribution in [0.4, 0.5) is 0 Å². The zero-order valence-electron chi connectivity index (χ0n) is 12.9. The predicted molar refractivity (Wildman–Crippen MR) is 80.1 cm³/mol. The van der Waals surface area contributed by atoms with Crippen molar-refractivity contribution < 1.29 is 29.4 Å². The van der Waals surface area contributed by atoms with Gasteiger partial charge in [-0.2, -0.15) is 0 Å². The summed E-state index contributed by atoms with van der Waals surface area (Å²) in [4.78, 5) is 25.0. The molecule has 7 heteroatoms. The zero-order chi connectivity index (χ0) is 17.0. The molecule has 1 aromatic rings. The molecule has 1 saturated carbocycles. The first-order valence-corrected chi connectivity index (χ1v) is 7.11. The van der Waals surface area contributed by atoms with Crippen LogP contribution in [0.3, 0.4) is 0 Å². The molecule has 0 amide bonds. The minimum absolute atomic E-state index is 0.0538. The Balaban J connectivity index is 2.70. The highest BCUT2D eigenvalue weighted by Gasteiger charge is 2.63. The maximum Gasteiger partial charge on any atom is 0.324 e. The number of rotatable bonds is 4. The number of aliphatic hydroxyl groups excluding tert-OH is 1. The fraction of sp³-hybridized carbons (Fsp3) is 0.438. The van der Waals surface area contributed by atoms with Crippen molar-refractivity contribution in [3.05, 3.63) is 35.9 Å². The Morgan fingerprint density at radius 1 is 1.22 bits per heavy atom. The third-order valence-electron chi connectivity index (χ3n) is 4.34. The summed E-state index contributed by atoms with van der Waals surface area (Å²) < 4.78 is 9.68. The van der Waals surface area contributed by atoms with Crippen molar-refractivity contribution in [1.82, 2.24) is 0 Å². The van der Waals surface area contributed by atoms with Crippen LogP contribution in [-0.2, 0) is 19.1 Å². The number of nitrogens with zero attached hydrogens (tertiary/aromatic N) is 1. The van der Waals surface area contributed by atoms with Crippen LogP contribution >= 0.6 is 0 Å². The molecule has 1 fully saturated rings. The minimum atomic E-state index is -1.69. The SMILES string of the molecule is COC(=O)C1(C(=O)OC)C[C@H](CO)/C(=N/O)[C@H]1c1ccccc1. The van der Waals surface area contributed by atoms with Crippen LogP contribution in [0.1, 0.15) is 17.9 Å². The van der Waals surface area contributed by atoms with Gasteiger partial charge in [-0.25, -0.2) is 0 Å². The van der Waals surface area contributed by atoms with Gasteiger partial charge in [-0.3, -0.25) is 9.59 Å². The van der Waals surface area contributed by atoms with Crippen LogP contribution in [0.15, 0.2) is 35.5 Å². The molecule has 1 aromatic carbocycles. The Kier molecular flexibility index (Phi) is 5.00. The van der Waals surface area contributed by atoms with Crippen molar-refractivity contribution in [2.75, 3.05) is 20.8 Å². The highest BCUT2D eigenvalue weighted by molar-refractivity contribution is 6.12. The van der Waals surface area contributed by atoms with Crippen LogP contribution in [0.5, 0.6) is 0 Å². The maximum absolute atomic E-state index is 12.5. The van der Waals surface area contributed by atoms with Gasteiger partial charge in [0.15, 0.2) is 5.41 Å². The number of methoxy groups -OCH3 is 2. The van der Waals surface area contributed by atoms with Crippen molar-refractivity contribution in [2.45, 2.75) is 12.3 Å². The van der Waals surface area contributed by atoms with E-state index in [2.05, 4.69) is 5.16 Å². The molecule has 2 N–H and O–H groups in total. The molecule has 0 radical (unpaired) electrons. The largest absolute Gasteiger partial charge is 0.468 e. The van der Waals surface area contributed by atoms with Gasteiger partial charge in [-0.05, 0) is 12.0 Å². The first-order chi connectivity index (χ1) is 11.1. The van der Waals surface area contributed by atoms with E-state index in [-0.39, 0.29) is 18.7 Å². The first-order valence-electron chi connectivity index (χ1n) is 7.11. The van der Waals surface area contributed by atoms with E-state index in [1.807, 2.05) is 0 Å². The highest BCUT2D eigenvalue weighted by atomic mass is 16.5. The maximum atomic E-state index is 12.5. The fourth-order valence-electron chi connectivity index (χ4n) is 3.35. The number of aliphatic hydroxyl groups is 1. The molecule has 0 spiro atoms. The van der Waals surface area contributed by atoms with E-state index in [9.17, 15) is 19.9 Å². The molecule has 23 heavy (non-hydrogen) atoms. The Hall–Kier alpha value is -2.41. The quantitative estimate of drug-likeness (QED) is 0.370. The van der Waals surface area contributed by atoms with E-state index in [0.717, 1.165) is 0 Å². The summed E-state index contributed by atoms with van der Waals surface area (Å²) in [5, 5.41) is 22.3. The molecule has 1 aliphatic rings. The molecule has 2 rings (SSSR count). The number of hydrogen-bond acceptors (Lipinski definition) is 7. The fourth-order valence-corrected chi connectivity index (χ4v) is 3.35. The van der Waals surface area contributed by atoms with Gasteiger partial charge in [0.25, 0.3) is 0 Å². The molecule has 0 unspecified atom stereocenters. The lowest BCUT2D eigenvalue weighted by Crippen LogP contribution is -2.44. The van der Waals surface area contributed by atoms with Gasteiger partial charge in [0.2, 0.25) is 0 Å². The average molecular weight is 321 g/mol. The van der Waals surface area contributed by atoms with Gasteiger partial charge >= 0.3 is 11.9 Å². The van der Waals surface area contributed by atoms with Gasteiger partial charge < -0.3 is 19.8 Å². The Bertz CT molecular complexity index is 596. The van der Waals surface area contributed by atoms with Crippen molar-refractivity contribution >= 4 is 17.7 Å². The van der Waals surface area contributed by atoms with Crippen LogP contribution < -0.4 is 0 Å². The van der Waals surface area contributed by atoms with Crippen LogP contribution in [0.2, 0.25) is 0 Å². The van der Waals surface area contributed by atoms with Gasteiger partial charge in [0.05, 0.1) is 32.5 Å². The van der Waals surface area contributed by atoms with E-state index >= 15 is 0 Å². The molecular formula is C16H19NO6. The number of oxime groups is 1. The average Bonchev–Trinajstić information content (AvgIpc) is 2.96. The van der Waals surface area contributed by atoms with Crippen molar-refractivity contribution in [3.63, 3.8) is 0 Å². The van der Waals surface area contributed by atoms with Gasteiger partial charge in [-0.1, -0.05) is 35.5 Å². The zero-order valence-corrected chi connectivity index (χ0v) is 12.9. The molecule has 1 aliphatic carbocycles. The normalized spacial score (nSPS) is 24.4. The summed E-state index contributed by atoms with van der Waals surface area (Å²) in [6.45, 7) is -0.363. The molecule has 0 bridgehead atoms. The molecule has 0 saturated heterocycles. The number of hydrogen-bond donors (Lipinski definition) is 2. The summed E-state index contributed by atoms with van der Waals surface area (Å²) in [6, 6.07) is 8.72. The minimum Gasteiger partial charge on any atom is -0.468 e. The van der Waals surface area contributed by atoms with Gasteiger partial charge in [0.1, 0.15) is 0 Å². The van der Waals surface area contributed by atoms with Gasteiger partial charge in [-0.15, -0.1) is 0 Å². The Morgan fingerprint density at radius 3 is 2.22 bits per heavy atom. The summed E-state index contributed by atoms with van der Waals surface area (Å²) in [5.74, 6) is -3.08. The number of carbonyl (C=O) groups is 2. The van der Waals surface area contributed by atoms with Crippen LogP contribution in [0.25, 0.3) is 0 Å². The summed E-state index contributed by atoms with van der Waals surface area (Å²) in [5.41, 5.74) is -0.929. The van der Waals surface area contributed by atoms with Gasteiger partial charge in [0, 0.05) is 5.92 Å². The van der Waals surface area contributed by atoms with E-state index < -0.39 is 29.2 Å². The van der Waals surface area contributed by atoms with Crippen molar-refractivity contribution in [2.24, 2.45) is 16.5 Å². The van der Waals surface area contributed by atoms with E-state index in [1.165, 1.54) is 14.2 Å². The first kappa shape index (κ1) is 17.0. The molecule has 2 atom stereocenters. The standard InChI is InChI=1S/C16H19NO6/c1-22-14(19)16(15(20)23-2)8-11(9-18)13(17-21)12(16)10-6-4-3-5-7-10/h3-7,11-12,18,21H,8-9H2,1-2H3/b17-13-/t11-,12-/m1/s1. The number of esters is 2. The van der Waals surface area contributed by atoms with Crippen LogP contribution in [0, 0.1) is 11.3 Å². The van der Waals surface area contributed by atoms with Crippen LogP contribution in [-0.4, -0.2) is 48.8 Å². The number of benzene rings is 1. The second kappa shape index (κ2) is 6.78. The van der Waals surface area contributed by atoms with E-state index in [1.54, 1.807) is 30.3 Å². The number of ether oxygens (including phenoxy) is 2. The lowest BCUT2D eigenvalue weighted by atomic mass is 9.73. The lowest BCUT2D eigenvalue weighted by Gasteiger charge is -2.29.